The maximum Gasteiger partial charge on any atom is 0.145 e. The third kappa shape index (κ3) is 5.32. The van der Waals surface area contributed by atoms with Crippen molar-refractivity contribution in [3.05, 3.63) is 35.8 Å². The van der Waals surface area contributed by atoms with Crippen LogP contribution in [-0.2, 0) is 6.42 Å². The molecule has 1 unspecified atom stereocenters. The summed E-state index contributed by atoms with van der Waals surface area (Å²) in [5.74, 6) is 1.53. The molecule has 4 heteroatoms. The van der Waals surface area contributed by atoms with Gasteiger partial charge in [0.05, 0.1) is 18.8 Å². The lowest BCUT2D eigenvalue weighted by molar-refractivity contribution is 0.125. The highest BCUT2D eigenvalue weighted by molar-refractivity contribution is 5.83. The lowest BCUT2D eigenvalue weighted by Crippen LogP contribution is -2.40. The van der Waals surface area contributed by atoms with Crippen LogP contribution in [0.15, 0.2) is 24.4 Å². The van der Waals surface area contributed by atoms with Crippen molar-refractivity contribution in [1.82, 2.24) is 9.88 Å². The van der Waals surface area contributed by atoms with Crippen LogP contribution in [0.25, 0.3) is 10.9 Å². The number of halogens is 1. The van der Waals surface area contributed by atoms with Gasteiger partial charge in [0.25, 0.3) is 0 Å². The summed E-state index contributed by atoms with van der Waals surface area (Å²) in [5.41, 5.74) is 1.64. The number of methoxy groups -OCH3 is 1. The van der Waals surface area contributed by atoms with Crippen molar-refractivity contribution in [2.45, 2.75) is 83.1 Å². The summed E-state index contributed by atoms with van der Waals surface area (Å²) in [7, 11) is 1.65. The van der Waals surface area contributed by atoms with Gasteiger partial charge in [0.1, 0.15) is 11.6 Å². The standard InChI is InChI=1S/C26H37FN2O/c1-30-22-13-14-26-24(18-22)23(25(27)19-28-26)12-7-11-21-10-5-6-16-29(21)17-15-20-8-3-2-4-9-20/h13-14,18-21H,2-12,15-17H2,1H3. The van der Waals surface area contributed by atoms with Gasteiger partial charge < -0.3 is 9.64 Å². The van der Waals surface area contributed by atoms with Crippen LogP contribution in [0, 0.1) is 11.7 Å². The zero-order valence-electron chi connectivity index (χ0n) is 18.5. The maximum absolute atomic E-state index is 14.6. The Labute approximate surface area is 181 Å². The van der Waals surface area contributed by atoms with Crippen molar-refractivity contribution in [1.29, 1.82) is 0 Å². The lowest BCUT2D eigenvalue weighted by Gasteiger charge is -2.37. The SMILES string of the molecule is COc1ccc2ncc(F)c(CCCC3CCCCN3CCC3CCCCC3)c2c1. The van der Waals surface area contributed by atoms with Gasteiger partial charge in [0.15, 0.2) is 0 Å². The number of rotatable bonds is 8. The zero-order valence-corrected chi connectivity index (χ0v) is 18.5. The summed E-state index contributed by atoms with van der Waals surface area (Å²) in [6.45, 7) is 2.51. The van der Waals surface area contributed by atoms with E-state index in [1.807, 2.05) is 18.2 Å². The molecule has 30 heavy (non-hydrogen) atoms. The van der Waals surface area contributed by atoms with Crippen molar-refractivity contribution < 1.29 is 9.13 Å². The van der Waals surface area contributed by atoms with Gasteiger partial charge in [-0.25, -0.2) is 4.39 Å². The molecular weight excluding hydrogens is 375 g/mol. The Hall–Kier alpha value is -1.68. The second-order valence-corrected chi connectivity index (χ2v) is 9.34. The lowest BCUT2D eigenvalue weighted by atomic mass is 9.86. The number of fused-ring (bicyclic) bond motifs is 1. The van der Waals surface area contributed by atoms with E-state index in [1.165, 1.54) is 77.1 Å². The minimum Gasteiger partial charge on any atom is -0.497 e. The maximum atomic E-state index is 14.6. The first-order valence-electron chi connectivity index (χ1n) is 12.1. The largest absolute Gasteiger partial charge is 0.497 e. The molecule has 3 nitrogen and oxygen atoms in total. The van der Waals surface area contributed by atoms with Crippen LogP contribution in [0.2, 0.25) is 0 Å². The monoisotopic (exact) mass is 412 g/mol. The van der Waals surface area contributed by atoms with Gasteiger partial charge in [0.2, 0.25) is 0 Å². The minimum absolute atomic E-state index is 0.187. The molecule has 1 aliphatic heterocycles. The van der Waals surface area contributed by atoms with Gasteiger partial charge in [-0.1, -0.05) is 38.5 Å². The molecule has 0 bridgehead atoms. The molecule has 1 saturated carbocycles. The quantitative estimate of drug-likeness (QED) is 0.493. The number of pyridine rings is 1. The fourth-order valence-electron chi connectivity index (χ4n) is 5.60. The molecule has 1 aliphatic carbocycles. The Morgan fingerprint density at radius 2 is 1.90 bits per heavy atom. The average molecular weight is 413 g/mol. The van der Waals surface area contributed by atoms with E-state index < -0.39 is 0 Å². The number of piperidine rings is 1. The summed E-state index contributed by atoms with van der Waals surface area (Å²) in [4.78, 5) is 7.01. The van der Waals surface area contributed by atoms with E-state index in [9.17, 15) is 4.39 Å². The van der Waals surface area contributed by atoms with E-state index in [0.717, 1.165) is 47.4 Å². The third-order valence-electron chi connectivity index (χ3n) is 7.40. The van der Waals surface area contributed by atoms with E-state index in [4.69, 9.17) is 4.74 Å². The van der Waals surface area contributed by atoms with Gasteiger partial charge >= 0.3 is 0 Å². The summed E-state index contributed by atoms with van der Waals surface area (Å²) < 4.78 is 20.0. The zero-order chi connectivity index (χ0) is 20.8. The molecule has 2 aliphatic rings. The Balaban J connectivity index is 1.35. The molecule has 1 saturated heterocycles. The predicted molar refractivity (Wildman–Crippen MR) is 122 cm³/mol. The predicted octanol–water partition coefficient (Wildman–Crippen LogP) is 6.53. The number of likely N-dealkylation sites (tertiary alicyclic amines) is 1. The smallest absolute Gasteiger partial charge is 0.145 e. The van der Waals surface area contributed by atoms with Gasteiger partial charge in [-0.2, -0.15) is 0 Å². The topological polar surface area (TPSA) is 25.4 Å². The molecule has 1 aromatic carbocycles. The van der Waals surface area contributed by atoms with Gasteiger partial charge in [-0.3, -0.25) is 4.98 Å². The van der Waals surface area contributed by atoms with Crippen LogP contribution in [0.1, 0.15) is 76.2 Å². The van der Waals surface area contributed by atoms with Crippen molar-refractivity contribution in [3.8, 4) is 5.75 Å². The summed E-state index contributed by atoms with van der Waals surface area (Å²) in [6, 6.07) is 6.42. The first kappa shape index (κ1) is 21.5. The van der Waals surface area contributed by atoms with Crippen molar-refractivity contribution in [2.24, 2.45) is 5.92 Å². The van der Waals surface area contributed by atoms with Crippen LogP contribution < -0.4 is 4.74 Å². The van der Waals surface area contributed by atoms with E-state index in [0.29, 0.717) is 6.04 Å². The van der Waals surface area contributed by atoms with Crippen LogP contribution in [0.4, 0.5) is 4.39 Å². The van der Waals surface area contributed by atoms with Crippen LogP contribution in [0.3, 0.4) is 0 Å². The van der Waals surface area contributed by atoms with E-state index >= 15 is 0 Å². The average Bonchev–Trinajstić information content (AvgIpc) is 2.80. The number of aryl methyl sites for hydroxylation is 1. The van der Waals surface area contributed by atoms with Gasteiger partial charge in [-0.15, -0.1) is 0 Å². The second kappa shape index (κ2) is 10.6. The Kier molecular flexibility index (Phi) is 7.59. The molecule has 1 atom stereocenters. The van der Waals surface area contributed by atoms with Crippen LogP contribution >= 0.6 is 0 Å². The first-order chi connectivity index (χ1) is 14.7. The van der Waals surface area contributed by atoms with Crippen molar-refractivity contribution in [2.75, 3.05) is 20.2 Å². The first-order valence-corrected chi connectivity index (χ1v) is 12.1. The van der Waals surface area contributed by atoms with Crippen molar-refractivity contribution in [3.63, 3.8) is 0 Å². The van der Waals surface area contributed by atoms with E-state index in [-0.39, 0.29) is 5.82 Å². The Morgan fingerprint density at radius 3 is 2.73 bits per heavy atom. The molecule has 2 heterocycles. The minimum atomic E-state index is -0.187. The third-order valence-corrected chi connectivity index (χ3v) is 7.40. The van der Waals surface area contributed by atoms with Crippen LogP contribution in [-0.4, -0.2) is 36.1 Å². The van der Waals surface area contributed by atoms with Crippen molar-refractivity contribution >= 4 is 10.9 Å². The van der Waals surface area contributed by atoms with Gasteiger partial charge in [0, 0.05) is 11.4 Å². The number of hydrogen-bond acceptors (Lipinski definition) is 3. The van der Waals surface area contributed by atoms with E-state index in [1.54, 1.807) is 7.11 Å². The second-order valence-electron chi connectivity index (χ2n) is 9.34. The normalized spacial score (nSPS) is 21.2. The summed E-state index contributed by atoms with van der Waals surface area (Å²) in [5, 5.41) is 0.896. The molecule has 0 radical (unpaired) electrons. The fourth-order valence-corrected chi connectivity index (χ4v) is 5.60. The number of nitrogens with zero attached hydrogens (tertiary/aromatic N) is 2. The molecule has 164 valence electrons. The molecule has 2 aromatic rings. The highest BCUT2D eigenvalue weighted by atomic mass is 19.1. The van der Waals surface area contributed by atoms with Gasteiger partial charge in [-0.05, 0) is 81.3 Å². The van der Waals surface area contributed by atoms with E-state index in [2.05, 4.69) is 9.88 Å². The fraction of sp³-hybridized carbons (Fsp3) is 0.654. The highest BCUT2D eigenvalue weighted by Gasteiger charge is 2.23. The molecule has 0 N–H and O–H groups in total. The molecule has 2 fully saturated rings. The number of aromatic nitrogens is 1. The number of benzene rings is 1. The molecule has 0 spiro atoms. The molecule has 0 amide bonds. The Morgan fingerprint density at radius 1 is 1.07 bits per heavy atom. The van der Waals surface area contributed by atoms with Crippen LogP contribution in [0.5, 0.6) is 5.75 Å². The molecular formula is C26H37FN2O. The molecule has 4 rings (SSSR count). The molecule has 1 aromatic heterocycles. The summed E-state index contributed by atoms with van der Waals surface area (Å²) in [6.07, 6.45) is 16.9. The number of hydrogen-bond donors (Lipinski definition) is 0. The number of ether oxygens (including phenoxy) is 1. The highest BCUT2D eigenvalue weighted by Crippen LogP contribution is 2.30. The Bertz CT molecular complexity index is 818. The summed E-state index contributed by atoms with van der Waals surface area (Å²) >= 11 is 0.